The zero-order valence-corrected chi connectivity index (χ0v) is 12.4. The van der Waals surface area contributed by atoms with Gasteiger partial charge >= 0.3 is 0 Å². The van der Waals surface area contributed by atoms with Crippen molar-refractivity contribution >= 4 is 5.82 Å². The third kappa shape index (κ3) is 5.00. The molecule has 112 valence electrons. The van der Waals surface area contributed by atoms with Gasteiger partial charge in [0.1, 0.15) is 18.2 Å². The number of methoxy groups -OCH3 is 1. The zero-order valence-electron chi connectivity index (χ0n) is 12.4. The fraction of sp³-hybridized carbons (Fsp3) is 0.400. The number of pyridine rings is 1. The quantitative estimate of drug-likeness (QED) is 0.750. The summed E-state index contributed by atoms with van der Waals surface area (Å²) in [6.07, 6.45) is 2.52. The zero-order chi connectivity index (χ0) is 14.9. The van der Waals surface area contributed by atoms with E-state index in [0.717, 1.165) is 23.8 Å². The monoisotopic (exact) mass is 288 g/mol. The summed E-state index contributed by atoms with van der Waals surface area (Å²) < 4.78 is 10.5. The molecule has 0 bridgehead atoms. The first-order chi connectivity index (χ1) is 10.3. The largest absolute Gasteiger partial charge is 0.475 e. The number of rotatable bonds is 8. The Balaban J connectivity index is 2.02. The highest BCUT2D eigenvalue weighted by molar-refractivity contribution is 5.38. The number of aryl methyl sites for hydroxylation is 1. The van der Waals surface area contributed by atoms with E-state index in [1.54, 1.807) is 19.4 Å². The molecule has 0 aliphatic rings. The molecule has 0 spiro atoms. The standard InChI is InChI=1S/C15H20N4O2/c1-3-13-18-14(10-15(19-13)21-9-8-20-2)17-11-12-6-4-5-7-16-12/h4-7,10H,3,8-9,11H2,1-2H3,(H,17,18,19). The van der Waals surface area contributed by atoms with Gasteiger partial charge < -0.3 is 14.8 Å². The van der Waals surface area contributed by atoms with Crippen molar-refractivity contribution in [3.05, 3.63) is 42.0 Å². The van der Waals surface area contributed by atoms with Crippen molar-refractivity contribution in [3.8, 4) is 5.88 Å². The van der Waals surface area contributed by atoms with Crippen LogP contribution in [-0.2, 0) is 17.7 Å². The van der Waals surface area contributed by atoms with Gasteiger partial charge in [-0.05, 0) is 12.1 Å². The van der Waals surface area contributed by atoms with E-state index in [0.29, 0.717) is 25.6 Å². The first-order valence-corrected chi connectivity index (χ1v) is 6.95. The van der Waals surface area contributed by atoms with Crippen LogP contribution in [0.4, 0.5) is 5.82 Å². The van der Waals surface area contributed by atoms with E-state index >= 15 is 0 Å². The maximum Gasteiger partial charge on any atom is 0.218 e. The Hall–Kier alpha value is -2.21. The molecule has 2 aromatic rings. The molecule has 1 N–H and O–H groups in total. The number of ether oxygens (including phenoxy) is 2. The Morgan fingerprint density at radius 1 is 1.19 bits per heavy atom. The van der Waals surface area contributed by atoms with Gasteiger partial charge in [-0.3, -0.25) is 4.98 Å². The summed E-state index contributed by atoms with van der Waals surface area (Å²) in [4.78, 5) is 13.0. The third-order valence-electron chi connectivity index (χ3n) is 2.78. The van der Waals surface area contributed by atoms with Crippen LogP contribution in [0.1, 0.15) is 18.4 Å². The molecule has 0 atom stereocenters. The summed E-state index contributed by atoms with van der Waals surface area (Å²) in [5.41, 5.74) is 0.955. The molecular weight excluding hydrogens is 268 g/mol. The second-order valence-corrected chi connectivity index (χ2v) is 4.38. The molecule has 0 saturated heterocycles. The van der Waals surface area contributed by atoms with E-state index in [1.807, 2.05) is 25.1 Å². The average Bonchev–Trinajstić information content (AvgIpc) is 2.54. The summed E-state index contributed by atoms with van der Waals surface area (Å²) in [5, 5.41) is 3.24. The Bertz CT molecular complexity index is 549. The fourth-order valence-corrected chi connectivity index (χ4v) is 1.71. The average molecular weight is 288 g/mol. The van der Waals surface area contributed by atoms with E-state index < -0.39 is 0 Å². The Morgan fingerprint density at radius 3 is 2.81 bits per heavy atom. The Labute approximate surface area is 124 Å². The maximum atomic E-state index is 5.55. The molecule has 2 heterocycles. The van der Waals surface area contributed by atoms with Crippen molar-refractivity contribution in [2.75, 3.05) is 25.6 Å². The van der Waals surface area contributed by atoms with Gasteiger partial charge in [0.15, 0.2) is 0 Å². The van der Waals surface area contributed by atoms with E-state index in [2.05, 4.69) is 20.3 Å². The summed E-state index contributed by atoms with van der Waals surface area (Å²) >= 11 is 0. The molecule has 21 heavy (non-hydrogen) atoms. The van der Waals surface area contributed by atoms with Crippen LogP contribution < -0.4 is 10.1 Å². The van der Waals surface area contributed by atoms with Crippen molar-refractivity contribution in [2.45, 2.75) is 19.9 Å². The van der Waals surface area contributed by atoms with Gasteiger partial charge in [0, 0.05) is 25.8 Å². The van der Waals surface area contributed by atoms with Crippen LogP contribution in [0.2, 0.25) is 0 Å². The molecule has 6 heteroatoms. The van der Waals surface area contributed by atoms with Crippen molar-refractivity contribution in [3.63, 3.8) is 0 Å². The predicted octanol–water partition coefficient (Wildman–Crippen LogP) is 2.07. The van der Waals surface area contributed by atoms with Crippen LogP contribution in [0.15, 0.2) is 30.5 Å². The minimum atomic E-state index is 0.469. The summed E-state index contributed by atoms with van der Waals surface area (Å²) in [5.74, 6) is 2.04. The minimum absolute atomic E-state index is 0.469. The van der Waals surface area contributed by atoms with E-state index in [-0.39, 0.29) is 0 Å². The van der Waals surface area contributed by atoms with Crippen LogP contribution in [0.3, 0.4) is 0 Å². The highest BCUT2D eigenvalue weighted by Crippen LogP contribution is 2.14. The van der Waals surface area contributed by atoms with Crippen molar-refractivity contribution in [1.29, 1.82) is 0 Å². The Morgan fingerprint density at radius 2 is 2.10 bits per heavy atom. The van der Waals surface area contributed by atoms with Gasteiger partial charge in [-0.2, -0.15) is 4.98 Å². The molecule has 0 amide bonds. The second-order valence-electron chi connectivity index (χ2n) is 4.38. The van der Waals surface area contributed by atoms with Gasteiger partial charge in [-0.1, -0.05) is 13.0 Å². The number of nitrogens with zero attached hydrogens (tertiary/aromatic N) is 3. The summed E-state index contributed by atoms with van der Waals surface area (Å²) in [7, 11) is 1.64. The van der Waals surface area contributed by atoms with Gasteiger partial charge in [-0.25, -0.2) is 4.98 Å². The molecule has 0 saturated carbocycles. The lowest BCUT2D eigenvalue weighted by Crippen LogP contribution is -2.09. The van der Waals surface area contributed by atoms with Crippen molar-refractivity contribution in [2.24, 2.45) is 0 Å². The lowest BCUT2D eigenvalue weighted by Gasteiger charge is -2.10. The molecule has 0 aliphatic heterocycles. The first-order valence-electron chi connectivity index (χ1n) is 6.95. The maximum absolute atomic E-state index is 5.55. The number of aromatic nitrogens is 3. The van der Waals surface area contributed by atoms with Gasteiger partial charge in [0.05, 0.1) is 18.8 Å². The predicted molar refractivity (Wildman–Crippen MR) is 80.3 cm³/mol. The first kappa shape index (κ1) is 15.2. The minimum Gasteiger partial charge on any atom is -0.475 e. The molecule has 0 aliphatic carbocycles. The van der Waals surface area contributed by atoms with Gasteiger partial charge in [-0.15, -0.1) is 0 Å². The SMILES string of the molecule is CCc1nc(NCc2ccccn2)cc(OCCOC)n1. The van der Waals surface area contributed by atoms with Crippen LogP contribution in [-0.4, -0.2) is 35.3 Å². The number of hydrogen-bond acceptors (Lipinski definition) is 6. The van der Waals surface area contributed by atoms with Crippen LogP contribution in [0.5, 0.6) is 5.88 Å². The number of nitrogens with one attached hydrogen (secondary N) is 1. The third-order valence-corrected chi connectivity index (χ3v) is 2.78. The normalized spacial score (nSPS) is 10.4. The topological polar surface area (TPSA) is 69.2 Å². The van der Waals surface area contributed by atoms with E-state index in [9.17, 15) is 0 Å². The van der Waals surface area contributed by atoms with Crippen molar-refractivity contribution < 1.29 is 9.47 Å². The Kier molecular flexibility index (Phi) is 5.90. The highest BCUT2D eigenvalue weighted by atomic mass is 16.5. The van der Waals surface area contributed by atoms with Crippen LogP contribution in [0.25, 0.3) is 0 Å². The molecule has 0 radical (unpaired) electrons. The molecular formula is C15H20N4O2. The highest BCUT2D eigenvalue weighted by Gasteiger charge is 2.05. The molecule has 2 aromatic heterocycles. The lowest BCUT2D eigenvalue weighted by atomic mass is 10.3. The summed E-state index contributed by atoms with van der Waals surface area (Å²) in [6, 6.07) is 7.61. The van der Waals surface area contributed by atoms with Crippen LogP contribution >= 0.6 is 0 Å². The smallest absolute Gasteiger partial charge is 0.218 e. The lowest BCUT2D eigenvalue weighted by molar-refractivity contribution is 0.143. The van der Waals surface area contributed by atoms with Gasteiger partial charge in [0.25, 0.3) is 0 Å². The number of hydrogen-bond donors (Lipinski definition) is 1. The fourth-order valence-electron chi connectivity index (χ4n) is 1.71. The summed E-state index contributed by atoms with van der Waals surface area (Å²) in [6.45, 7) is 3.62. The molecule has 6 nitrogen and oxygen atoms in total. The second kappa shape index (κ2) is 8.16. The molecule has 0 unspecified atom stereocenters. The molecule has 2 rings (SSSR count). The van der Waals surface area contributed by atoms with Crippen LogP contribution in [0, 0.1) is 0 Å². The molecule has 0 aromatic carbocycles. The van der Waals surface area contributed by atoms with E-state index in [1.165, 1.54) is 0 Å². The number of anilines is 1. The van der Waals surface area contributed by atoms with Crippen molar-refractivity contribution in [1.82, 2.24) is 15.0 Å². The van der Waals surface area contributed by atoms with E-state index in [4.69, 9.17) is 9.47 Å². The molecule has 0 fully saturated rings. The van der Waals surface area contributed by atoms with Gasteiger partial charge in [0.2, 0.25) is 5.88 Å².